The van der Waals surface area contributed by atoms with Crippen LogP contribution in [-0.2, 0) is 4.74 Å². The van der Waals surface area contributed by atoms with Crippen LogP contribution < -0.4 is 16.0 Å². The van der Waals surface area contributed by atoms with Crippen LogP contribution in [0, 0.1) is 0 Å². The molecule has 0 aromatic heterocycles. The summed E-state index contributed by atoms with van der Waals surface area (Å²) in [5.74, 6) is 0.766. The van der Waals surface area contributed by atoms with Gasteiger partial charge < -0.3 is 25.6 Å². The first-order valence-electron chi connectivity index (χ1n) is 9.80. The molecule has 1 saturated heterocycles. The van der Waals surface area contributed by atoms with Crippen LogP contribution in [0.15, 0.2) is 4.99 Å². The van der Waals surface area contributed by atoms with E-state index in [0.717, 1.165) is 31.9 Å². The van der Waals surface area contributed by atoms with Crippen LogP contribution in [0.25, 0.3) is 0 Å². The number of carbonyl (C=O) groups excluding carboxylic acids is 1. The van der Waals surface area contributed by atoms with Crippen LogP contribution in [-0.4, -0.2) is 67.9 Å². The number of carbonyl (C=O) groups is 1. The van der Waals surface area contributed by atoms with E-state index in [-0.39, 0.29) is 35.6 Å². The molecule has 1 amide bonds. The van der Waals surface area contributed by atoms with Crippen LogP contribution in [0.5, 0.6) is 0 Å². The Kier molecular flexibility index (Phi) is 11.6. The molecule has 1 atom stereocenters. The summed E-state index contributed by atoms with van der Waals surface area (Å²) in [6.45, 7) is 12.4. The number of guanidine groups is 1. The van der Waals surface area contributed by atoms with Crippen LogP contribution in [0.4, 0.5) is 4.79 Å². The molecule has 0 radical (unpaired) electrons. The maximum absolute atomic E-state index is 12.2. The largest absolute Gasteiger partial charge is 0.444 e. The molecule has 1 unspecified atom stereocenters. The van der Waals surface area contributed by atoms with Gasteiger partial charge >= 0.3 is 6.09 Å². The van der Waals surface area contributed by atoms with Gasteiger partial charge in [0, 0.05) is 26.2 Å². The number of likely N-dealkylation sites (tertiary alicyclic amines) is 1. The number of nitrogens with zero attached hydrogens (tertiary/aromatic N) is 2. The SMILES string of the molecule is CCC(CC)(CNC(=NC)NCC1CCCN1C)NC(=O)OC(C)(C)C.I. The fraction of sp³-hybridized carbons (Fsp3) is 0.895. The van der Waals surface area contributed by atoms with Gasteiger partial charge in [-0.05, 0) is 60.0 Å². The highest BCUT2D eigenvalue weighted by Crippen LogP contribution is 2.16. The van der Waals surface area contributed by atoms with E-state index in [9.17, 15) is 4.79 Å². The van der Waals surface area contributed by atoms with Crippen molar-refractivity contribution in [2.45, 2.75) is 77.5 Å². The molecule has 0 aromatic carbocycles. The molecular weight excluding hydrogens is 457 g/mol. The van der Waals surface area contributed by atoms with E-state index in [1.54, 1.807) is 7.05 Å². The summed E-state index contributed by atoms with van der Waals surface area (Å²) < 4.78 is 5.43. The first-order valence-corrected chi connectivity index (χ1v) is 9.80. The Balaban J connectivity index is 0.00000676. The monoisotopic (exact) mass is 497 g/mol. The highest BCUT2D eigenvalue weighted by molar-refractivity contribution is 14.0. The predicted octanol–water partition coefficient (Wildman–Crippen LogP) is 2.95. The predicted molar refractivity (Wildman–Crippen MR) is 123 cm³/mol. The molecule has 0 aliphatic carbocycles. The smallest absolute Gasteiger partial charge is 0.408 e. The lowest BCUT2D eigenvalue weighted by atomic mass is 9.93. The van der Waals surface area contributed by atoms with E-state index in [4.69, 9.17) is 4.74 Å². The minimum Gasteiger partial charge on any atom is -0.444 e. The van der Waals surface area contributed by atoms with Gasteiger partial charge in [-0.1, -0.05) is 13.8 Å². The van der Waals surface area contributed by atoms with Crippen LogP contribution >= 0.6 is 24.0 Å². The van der Waals surface area contributed by atoms with E-state index in [0.29, 0.717) is 12.6 Å². The molecule has 160 valence electrons. The molecule has 0 bridgehead atoms. The van der Waals surface area contributed by atoms with E-state index in [1.807, 2.05) is 20.8 Å². The normalized spacial score (nSPS) is 18.6. The highest BCUT2D eigenvalue weighted by Gasteiger charge is 2.31. The fourth-order valence-electron chi connectivity index (χ4n) is 3.17. The molecule has 0 spiro atoms. The maximum Gasteiger partial charge on any atom is 0.408 e. The van der Waals surface area contributed by atoms with Crippen molar-refractivity contribution in [2.24, 2.45) is 4.99 Å². The number of ether oxygens (including phenoxy) is 1. The number of amides is 1. The summed E-state index contributed by atoms with van der Waals surface area (Å²) in [6, 6.07) is 0.551. The van der Waals surface area contributed by atoms with E-state index >= 15 is 0 Å². The van der Waals surface area contributed by atoms with Crippen molar-refractivity contribution in [1.29, 1.82) is 0 Å². The summed E-state index contributed by atoms with van der Waals surface area (Å²) in [5, 5.41) is 9.83. The number of hydrogen-bond donors (Lipinski definition) is 3. The van der Waals surface area contributed by atoms with Crippen LogP contribution in [0.1, 0.15) is 60.3 Å². The first kappa shape index (κ1) is 26.2. The summed E-state index contributed by atoms with van der Waals surface area (Å²) in [4.78, 5) is 18.9. The topological polar surface area (TPSA) is 78.0 Å². The molecule has 3 N–H and O–H groups in total. The Morgan fingerprint density at radius 1 is 1.22 bits per heavy atom. The van der Waals surface area contributed by atoms with Gasteiger partial charge in [0.25, 0.3) is 0 Å². The molecule has 8 heteroatoms. The first-order chi connectivity index (χ1) is 12.1. The summed E-state index contributed by atoms with van der Waals surface area (Å²) in [6.07, 6.45) is 3.70. The van der Waals surface area contributed by atoms with E-state index in [1.165, 1.54) is 12.8 Å². The number of aliphatic imine (C=N–C) groups is 1. The van der Waals surface area contributed by atoms with Crippen molar-refractivity contribution < 1.29 is 9.53 Å². The van der Waals surface area contributed by atoms with Crippen LogP contribution in [0.2, 0.25) is 0 Å². The summed E-state index contributed by atoms with van der Waals surface area (Å²) in [7, 11) is 3.94. The Labute approximate surface area is 182 Å². The molecule has 1 fully saturated rings. The van der Waals surface area contributed by atoms with Gasteiger partial charge in [-0.25, -0.2) is 4.79 Å². The Bertz CT molecular complexity index is 475. The molecule has 27 heavy (non-hydrogen) atoms. The molecule has 0 aromatic rings. The number of hydrogen-bond acceptors (Lipinski definition) is 4. The quantitative estimate of drug-likeness (QED) is 0.287. The molecular formula is C19H40IN5O2. The van der Waals surface area contributed by atoms with Gasteiger partial charge in [-0.2, -0.15) is 0 Å². The Morgan fingerprint density at radius 2 is 1.85 bits per heavy atom. The Morgan fingerprint density at radius 3 is 2.30 bits per heavy atom. The van der Waals surface area contributed by atoms with Crippen molar-refractivity contribution in [3.05, 3.63) is 0 Å². The zero-order valence-corrected chi connectivity index (χ0v) is 20.5. The molecule has 7 nitrogen and oxygen atoms in total. The van der Waals surface area contributed by atoms with Crippen molar-refractivity contribution >= 4 is 36.0 Å². The zero-order valence-electron chi connectivity index (χ0n) is 18.1. The van der Waals surface area contributed by atoms with Crippen molar-refractivity contribution in [3.63, 3.8) is 0 Å². The molecule has 1 rings (SSSR count). The summed E-state index contributed by atoms with van der Waals surface area (Å²) >= 11 is 0. The van der Waals surface area contributed by atoms with Gasteiger partial charge in [0.15, 0.2) is 5.96 Å². The summed E-state index contributed by atoms with van der Waals surface area (Å²) in [5.41, 5.74) is -0.875. The molecule has 1 heterocycles. The maximum atomic E-state index is 12.2. The molecule has 1 aliphatic heterocycles. The lowest BCUT2D eigenvalue weighted by Crippen LogP contribution is -2.57. The third-order valence-corrected chi connectivity index (χ3v) is 5.11. The second kappa shape index (κ2) is 11.9. The lowest BCUT2D eigenvalue weighted by Gasteiger charge is -2.34. The number of alkyl carbamates (subject to hydrolysis) is 1. The third kappa shape index (κ3) is 9.32. The minimum atomic E-state index is -0.504. The molecule has 0 saturated carbocycles. The number of likely N-dealkylation sites (N-methyl/N-ethyl adjacent to an activating group) is 1. The minimum absolute atomic E-state index is 0. The van der Waals surface area contributed by atoms with Gasteiger partial charge in [-0.3, -0.25) is 4.99 Å². The average Bonchev–Trinajstić information content (AvgIpc) is 2.97. The molecule has 1 aliphatic rings. The second-order valence-electron chi connectivity index (χ2n) is 8.20. The lowest BCUT2D eigenvalue weighted by molar-refractivity contribution is 0.0448. The van der Waals surface area contributed by atoms with Gasteiger partial charge in [0.05, 0.1) is 5.54 Å². The van der Waals surface area contributed by atoms with E-state index < -0.39 is 5.60 Å². The van der Waals surface area contributed by atoms with Gasteiger partial charge in [0.1, 0.15) is 5.60 Å². The van der Waals surface area contributed by atoms with Crippen molar-refractivity contribution in [3.8, 4) is 0 Å². The number of rotatable bonds is 7. The van der Waals surface area contributed by atoms with Crippen molar-refractivity contribution in [1.82, 2.24) is 20.9 Å². The Hall–Kier alpha value is -0.770. The van der Waals surface area contributed by atoms with E-state index in [2.05, 4.69) is 46.7 Å². The van der Waals surface area contributed by atoms with Crippen LogP contribution in [0.3, 0.4) is 0 Å². The van der Waals surface area contributed by atoms with Crippen molar-refractivity contribution in [2.75, 3.05) is 33.7 Å². The third-order valence-electron chi connectivity index (χ3n) is 5.11. The number of nitrogens with one attached hydrogen (secondary N) is 3. The average molecular weight is 497 g/mol. The zero-order chi connectivity index (χ0) is 19.8. The van der Waals surface area contributed by atoms with Gasteiger partial charge in [-0.15, -0.1) is 24.0 Å². The fourth-order valence-corrected chi connectivity index (χ4v) is 3.17. The second-order valence-corrected chi connectivity index (χ2v) is 8.20. The van der Waals surface area contributed by atoms with Gasteiger partial charge in [0.2, 0.25) is 0 Å². The standard InChI is InChI=1S/C19H39N5O2.HI/c1-8-19(9-2,23-17(25)26-18(3,4)5)14-22-16(20-6)21-13-15-11-10-12-24(15)7;/h15H,8-14H2,1-7H3,(H,23,25)(H2,20,21,22);1H. The number of halogens is 1. The highest BCUT2D eigenvalue weighted by atomic mass is 127.